The summed E-state index contributed by atoms with van der Waals surface area (Å²) in [5, 5.41) is 8.41. The third kappa shape index (κ3) is 4.71. The molecule has 0 fully saturated rings. The number of carbonyl (C=O) groups is 1. The second kappa shape index (κ2) is 8.50. The molecule has 0 aliphatic heterocycles. The predicted molar refractivity (Wildman–Crippen MR) is 99.0 cm³/mol. The van der Waals surface area contributed by atoms with Crippen molar-refractivity contribution < 1.29 is 4.79 Å². The van der Waals surface area contributed by atoms with Crippen LogP contribution < -0.4 is 10.6 Å². The summed E-state index contributed by atoms with van der Waals surface area (Å²) in [4.78, 5) is 21.9. The van der Waals surface area contributed by atoms with Crippen LogP contribution in [0, 0.1) is 6.92 Å². The normalized spacial score (nSPS) is 11.9. The maximum absolute atomic E-state index is 12.8. The monoisotopic (exact) mass is 352 g/mol. The van der Waals surface area contributed by atoms with Gasteiger partial charge in [0.15, 0.2) is 0 Å². The molecule has 0 spiro atoms. The number of pyridine rings is 2. The van der Waals surface area contributed by atoms with Crippen LogP contribution in [0.5, 0.6) is 0 Å². The zero-order valence-corrected chi connectivity index (χ0v) is 14.8. The maximum atomic E-state index is 12.8. The molecule has 128 valence electrons. The van der Waals surface area contributed by atoms with Gasteiger partial charge in [-0.2, -0.15) is 0 Å². The van der Waals surface area contributed by atoms with Gasteiger partial charge in [-0.05, 0) is 59.3 Å². The Morgan fingerprint density at radius 1 is 1.00 bits per heavy atom. The van der Waals surface area contributed by atoms with Crippen molar-refractivity contribution in [1.29, 1.82) is 0 Å². The van der Waals surface area contributed by atoms with E-state index in [1.54, 1.807) is 36.1 Å². The Kier molecular flexibility index (Phi) is 5.87. The number of amides is 1. The molecule has 3 rings (SSSR count). The molecule has 1 unspecified atom stereocenters. The van der Waals surface area contributed by atoms with Gasteiger partial charge in [-0.1, -0.05) is 0 Å². The lowest BCUT2D eigenvalue weighted by atomic mass is 10.1. The second-order valence-corrected chi connectivity index (χ2v) is 6.66. The van der Waals surface area contributed by atoms with Crippen molar-refractivity contribution in [3.05, 3.63) is 82.1 Å². The number of hydrogen-bond donors (Lipinski definition) is 2. The fourth-order valence-electron chi connectivity index (χ4n) is 2.50. The van der Waals surface area contributed by atoms with Gasteiger partial charge in [0.05, 0.1) is 0 Å². The molecule has 0 aromatic carbocycles. The molecule has 0 radical (unpaired) electrons. The SMILES string of the molecule is Cc1ccsc1C(NCc1ccncc1)C(=O)NCc1ccncc1. The van der Waals surface area contributed by atoms with Gasteiger partial charge in [-0.15, -0.1) is 11.3 Å². The highest BCUT2D eigenvalue weighted by Crippen LogP contribution is 2.24. The van der Waals surface area contributed by atoms with Gasteiger partial charge < -0.3 is 5.32 Å². The Hall–Kier alpha value is -2.57. The molecule has 3 aromatic rings. The number of thiophene rings is 1. The summed E-state index contributed by atoms with van der Waals surface area (Å²) in [6, 6.07) is 9.35. The second-order valence-electron chi connectivity index (χ2n) is 5.71. The number of aryl methyl sites for hydroxylation is 1. The lowest BCUT2D eigenvalue weighted by molar-refractivity contribution is -0.123. The molecular formula is C19H20N4OS. The molecule has 0 aliphatic carbocycles. The molecule has 6 heteroatoms. The highest BCUT2D eigenvalue weighted by Gasteiger charge is 2.22. The highest BCUT2D eigenvalue weighted by molar-refractivity contribution is 7.10. The van der Waals surface area contributed by atoms with Crippen LogP contribution in [0.1, 0.15) is 27.6 Å². The molecule has 3 aromatic heterocycles. The van der Waals surface area contributed by atoms with Crippen LogP contribution in [0.4, 0.5) is 0 Å². The van der Waals surface area contributed by atoms with Crippen molar-refractivity contribution in [2.75, 3.05) is 0 Å². The first-order chi connectivity index (χ1) is 12.2. The van der Waals surface area contributed by atoms with E-state index >= 15 is 0 Å². The van der Waals surface area contributed by atoms with Gasteiger partial charge in [-0.3, -0.25) is 20.1 Å². The molecule has 0 bridgehead atoms. The number of nitrogens with one attached hydrogen (secondary N) is 2. The summed E-state index contributed by atoms with van der Waals surface area (Å²) in [5.74, 6) is -0.0311. The Morgan fingerprint density at radius 3 is 2.16 bits per heavy atom. The summed E-state index contributed by atoms with van der Waals surface area (Å²) >= 11 is 1.60. The molecule has 5 nitrogen and oxygen atoms in total. The summed E-state index contributed by atoms with van der Waals surface area (Å²) < 4.78 is 0. The quantitative estimate of drug-likeness (QED) is 0.686. The number of aromatic nitrogens is 2. The summed E-state index contributed by atoms with van der Waals surface area (Å²) in [7, 11) is 0. The van der Waals surface area contributed by atoms with Gasteiger partial charge >= 0.3 is 0 Å². The van der Waals surface area contributed by atoms with Crippen molar-refractivity contribution >= 4 is 17.2 Å². The molecule has 1 atom stereocenters. The van der Waals surface area contributed by atoms with E-state index in [4.69, 9.17) is 0 Å². The summed E-state index contributed by atoms with van der Waals surface area (Å²) in [6.07, 6.45) is 6.96. The van der Waals surface area contributed by atoms with Crippen LogP contribution in [0.3, 0.4) is 0 Å². The van der Waals surface area contributed by atoms with Crippen LogP contribution in [-0.2, 0) is 17.9 Å². The Balaban J connectivity index is 1.69. The molecular weight excluding hydrogens is 332 g/mol. The van der Waals surface area contributed by atoms with Crippen LogP contribution in [0.25, 0.3) is 0 Å². The molecule has 1 amide bonds. The molecule has 25 heavy (non-hydrogen) atoms. The van der Waals surface area contributed by atoms with E-state index in [9.17, 15) is 4.79 Å². The average molecular weight is 352 g/mol. The van der Waals surface area contributed by atoms with Crippen molar-refractivity contribution in [2.24, 2.45) is 0 Å². The van der Waals surface area contributed by atoms with E-state index in [1.807, 2.05) is 42.6 Å². The molecule has 0 aliphatic rings. The fourth-order valence-corrected chi connectivity index (χ4v) is 3.50. The predicted octanol–water partition coefficient (Wildman–Crippen LogP) is 2.99. The van der Waals surface area contributed by atoms with Crippen LogP contribution >= 0.6 is 11.3 Å². The first kappa shape index (κ1) is 17.3. The van der Waals surface area contributed by atoms with Crippen molar-refractivity contribution in [3.63, 3.8) is 0 Å². The Morgan fingerprint density at radius 2 is 1.60 bits per heavy atom. The first-order valence-electron chi connectivity index (χ1n) is 8.07. The van der Waals surface area contributed by atoms with Crippen LogP contribution in [0.2, 0.25) is 0 Å². The Labute approximate surface area is 151 Å². The van der Waals surface area contributed by atoms with Crippen molar-refractivity contribution in [3.8, 4) is 0 Å². The van der Waals surface area contributed by atoms with E-state index in [1.165, 1.54) is 0 Å². The highest BCUT2D eigenvalue weighted by atomic mass is 32.1. The van der Waals surface area contributed by atoms with Gasteiger partial charge in [-0.25, -0.2) is 0 Å². The molecule has 3 heterocycles. The first-order valence-corrected chi connectivity index (χ1v) is 8.95. The Bertz CT molecular complexity index is 805. The van der Waals surface area contributed by atoms with Gasteiger partial charge in [0, 0.05) is 42.8 Å². The molecule has 0 saturated carbocycles. The zero-order valence-electron chi connectivity index (χ0n) is 14.0. The van der Waals surface area contributed by atoms with E-state index < -0.39 is 0 Å². The number of rotatable bonds is 7. The summed E-state index contributed by atoms with van der Waals surface area (Å²) in [5.41, 5.74) is 3.24. The largest absolute Gasteiger partial charge is 0.350 e. The topological polar surface area (TPSA) is 66.9 Å². The minimum absolute atomic E-state index is 0.0311. The van der Waals surface area contributed by atoms with Gasteiger partial charge in [0.1, 0.15) is 6.04 Å². The van der Waals surface area contributed by atoms with Gasteiger partial charge in [0.25, 0.3) is 0 Å². The molecule has 0 saturated heterocycles. The minimum Gasteiger partial charge on any atom is -0.350 e. The maximum Gasteiger partial charge on any atom is 0.242 e. The fraction of sp³-hybridized carbons (Fsp3) is 0.211. The van der Waals surface area contributed by atoms with Crippen molar-refractivity contribution in [1.82, 2.24) is 20.6 Å². The smallest absolute Gasteiger partial charge is 0.242 e. The lowest BCUT2D eigenvalue weighted by Gasteiger charge is -2.18. The van der Waals surface area contributed by atoms with E-state index in [2.05, 4.69) is 20.6 Å². The number of nitrogens with zero attached hydrogens (tertiary/aromatic N) is 2. The number of carbonyl (C=O) groups excluding carboxylic acids is 1. The van der Waals surface area contributed by atoms with Crippen LogP contribution in [-0.4, -0.2) is 15.9 Å². The minimum atomic E-state index is -0.380. The van der Waals surface area contributed by atoms with E-state index in [-0.39, 0.29) is 11.9 Å². The van der Waals surface area contributed by atoms with E-state index in [0.717, 1.165) is 21.6 Å². The van der Waals surface area contributed by atoms with Crippen LogP contribution in [0.15, 0.2) is 60.5 Å². The average Bonchev–Trinajstić information content (AvgIpc) is 3.08. The lowest BCUT2D eigenvalue weighted by Crippen LogP contribution is -2.37. The summed E-state index contributed by atoms with van der Waals surface area (Å²) in [6.45, 7) is 3.12. The standard InChI is InChI=1S/C19H20N4OS/c1-14-6-11-25-18(14)17(22-12-15-2-7-20-8-3-15)19(24)23-13-16-4-9-21-10-5-16/h2-11,17,22H,12-13H2,1H3,(H,23,24). The van der Waals surface area contributed by atoms with E-state index in [0.29, 0.717) is 13.1 Å². The number of hydrogen-bond acceptors (Lipinski definition) is 5. The third-order valence-corrected chi connectivity index (χ3v) is 4.99. The zero-order chi connectivity index (χ0) is 17.5. The molecule has 2 N–H and O–H groups in total. The van der Waals surface area contributed by atoms with Crippen molar-refractivity contribution in [2.45, 2.75) is 26.1 Å². The van der Waals surface area contributed by atoms with Gasteiger partial charge in [0.2, 0.25) is 5.91 Å². The third-order valence-electron chi connectivity index (χ3n) is 3.90.